The highest BCUT2D eigenvalue weighted by Gasteiger charge is 2.25. The van der Waals surface area contributed by atoms with E-state index in [2.05, 4.69) is 9.88 Å². The van der Waals surface area contributed by atoms with E-state index in [0.717, 1.165) is 25.2 Å². The van der Waals surface area contributed by atoms with E-state index in [0.29, 0.717) is 18.2 Å². The van der Waals surface area contributed by atoms with Crippen LogP contribution in [-0.4, -0.2) is 52.7 Å². The molecule has 0 bridgehead atoms. The van der Waals surface area contributed by atoms with Gasteiger partial charge in [0.05, 0.1) is 0 Å². The van der Waals surface area contributed by atoms with Crippen LogP contribution in [0.15, 0.2) is 18.3 Å². The molecule has 1 aromatic heterocycles. The zero-order valence-corrected chi connectivity index (χ0v) is 13.6. The van der Waals surface area contributed by atoms with Crippen LogP contribution in [0.2, 0.25) is 5.15 Å². The Morgan fingerprint density at radius 3 is 2.57 bits per heavy atom. The minimum Gasteiger partial charge on any atom is -0.444 e. The number of amides is 1. The summed E-state index contributed by atoms with van der Waals surface area (Å²) >= 11 is 6.07. The number of aromatic nitrogens is 1. The first-order chi connectivity index (χ1) is 9.85. The number of carbonyl (C=O) groups excluding carboxylic acids is 1. The van der Waals surface area contributed by atoms with Crippen molar-refractivity contribution < 1.29 is 9.53 Å². The molecule has 0 aliphatic carbocycles. The Morgan fingerprint density at radius 2 is 2.00 bits per heavy atom. The molecule has 1 fully saturated rings. The van der Waals surface area contributed by atoms with E-state index < -0.39 is 5.60 Å². The highest BCUT2D eigenvalue weighted by Crippen LogP contribution is 2.16. The zero-order valence-electron chi connectivity index (χ0n) is 12.8. The van der Waals surface area contributed by atoms with Crippen molar-refractivity contribution in [1.82, 2.24) is 14.8 Å². The van der Waals surface area contributed by atoms with E-state index in [-0.39, 0.29) is 6.09 Å². The second kappa shape index (κ2) is 6.62. The molecule has 2 rings (SSSR count). The molecule has 116 valence electrons. The van der Waals surface area contributed by atoms with Crippen LogP contribution in [0.3, 0.4) is 0 Å². The van der Waals surface area contributed by atoms with Crippen molar-refractivity contribution in [3.05, 3.63) is 29.0 Å². The molecule has 1 aliphatic heterocycles. The second-order valence-electron chi connectivity index (χ2n) is 6.20. The number of rotatable bonds is 2. The van der Waals surface area contributed by atoms with Crippen molar-refractivity contribution in [3.63, 3.8) is 0 Å². The summed E-state index contributed by atoms with van der Waals surface area (Å²) in [5.74, 6) is 0. The van der Waals surface area contributed by atoms with E-state index in [9.17, 15) is 4.79 Å². The summed E-state index contributed by atoms with van der Waals surface area (Å²) in [5, 5.41) is 0.548. The van der Waals surface area contributed by atoms with Gasteiger partial charge in [-0.25, -0.2) is 9.78 Å². The summed E-state index contributed by atoms with van der Waals surface area (Å²) in [6.07, 6.45) is 1.45. The lowest BCUT2D eigenvalue weighted by Crippen LogP contribution is -2.49. The molecule has 5 nitrogen and oxygen atoms in total. The molecule has 0 saturated carbocycles. The summed E-state index contributed by atoms with van der Waals surface area (Å²) < 4.78 is 5.39. The molecule has 1 aliphatic rings. The van der Waals surface area contributed by atoms with E-state index in [1.165, 1.54) is 0 Å². The van der Waals surface area contributed by atoms with Crippen molar-refractivity contribution >= 4 is 17.7 Å². The molecule has 0 N–H and O–H groups in total. The van der Waals surface area contributed by atoms with E-state index in [1.54, 1.807) is 11.1 Å². The van der Waals surface area contributed by atoms with Crippen LogP contribution < -0.4 is 0 Å². The van der Waals surface area contributed by atoms with Crippen LogP contribution in [0.1, 0.15) is 26.3 Å². The predicted molar refractivity (Wildman–Crippen MR) is 82.3 cm³/mol. The Hall–Kier alpha value is -1.33. The topological polar surface area (TPSA) is 45.7 Å². The minimum atomic E-state index is -0.447. The van der Waals surface area contributed by atoms with Gasteiger partial charge < -0.3 is 9.64 Å². The van der Waals surface area contributed by atoms with Gasteiger partial charge in [-0.2, -0.15) is 0 Å². The van der Waals surface area contributed by atoms with Gasteiger partial charge >= 0.3 is 6.09 Å². The number of halogens is 1. The Kier molecular flexibility index (Phi) is 5.06. The highest BCUT2D eigenvalue weighted by molar-refractivity contribution is 6.30. The summed E-state index contributed by atoms with van der Waals surface area (Å²) in [6, 6.07) is 3.87. The van der Waals surface area contributed by atoms with E-state index in [4.69, 9.17) is 16.3 Å². The fourth-order valence-electron chi connectivity index (χ4n) is 2.19. The lowest BCUT2D eigenvalue weighted by Gasteiger charge is -2.35. The van der Waals surface area contributed by atoms with Crippen molar-refractivity contribution in [2.24, 2.45) is 0 Å². The molecular formula is C15H22ClN3O2. The fourth-order valence-corrected chi connectivity index (χ4v) is 2.37. The molecule has 1 amide bonds. The first-order valence-electron chi connectivity index (χ1n) is 7.15. The molecule has 0 spiro atoms. The first kappa shape index (κ1) is 16.0. The van der Waals surface area contributed by atoms with Gasteiger partial charge in [0.1, 0.15) is 10.8 Å². The maximum Gasteiger partial charge on any atom is 0.410 e. The number of piperazine rings is 1. The van der Waals surface area contributed by atoms with Crippen molar-refractivity contribution in [3.8, 4) is 0 Å². The van der Waals surface area contributed by atoms with Crippen LogP contribution in [0, 0.1) is 0 Å². The van der Waals surface area contributed by atoms with Gasteiger partial charge in [-0.1, -0.05) is 17.7 Å². The Balaban J connectivity index is 1.83. The Labute approximate surface area is 130 Å². The lowest BCUT2D eigenvalue weighted by molar-refractivity contribution is 0.0139. The Bertz CT molecular complexity index is 494. The van der Waals surface area contributed by atoms with Crippen molar-refractivity contribution in [2.75, 3.05) is 26.2 Å². The van der Waals surface area contributed by atoms with Crippen LogP contribution in [0.5, 0.6) is 0 Å². The van der Waals surface area contributed by atoms with Crippen molar-refractivity contribution in [2.45, 2.75) is 32.9 Å². The van der Waals surface area contributed by atoms with Crippen LogP contribution in [0.25, 0.3) is 0 Å². The van der Waals surface area contributed by atoms with Gasteiger partial charge in [-0.05, 0) is 26.8 Å². The fraction of sp³-hybridized carbons (Fsp3) is 0.600. The van der Waals surface area contributed by atoms with Crippen molar-refractivity contribution in [1.29, 1.82) is 0 Å². The third-order valence-electron chi connectivity index (χ3n) is 3.25. The molecular weight excluding hydrogens is 290 g/mol. The minimum absolute atomic E-state index is 0.235. The standard InChI is InChI=1S/C15H22ClN3O2/c1-15(2,3)21-14(20)19-9-7-18(8-10-19)11-12-5-4-6-17-13(12)16/h4-6H,7-11H2,1-3H3. The maximum absolute atomic E-state index is 12.0. The molecule has 2 heterocycles. The number of ether oxygens (including phenoxy) is 1. The van der Waals surface area contributed by atoms with Gasteiger partial charge in [0, 0.05) is 44.5 Å². The third kappa shape index (κ3) is 4.86. The summed E-state index contributed by atoms with van der Waals surface area (Å²) in [7, 11) is 0. The lowest BCUT2D eigenvalue weighted by atomic mass is 10.2. The third-order valence-corrected chi connectivity index (χ3v) is 3.59. The largest absolute Gasteiger partial charge is 0.444 e. The molecule has 0 radical (unpaired) electrons. The van der Waals surface area contributed by atoms with Gasteiger partial charge in [0.2, 0.25) is 0 Å². The molecule has 1 saturated heterocycles. The monoisotopic (exact) mass is 311 g/mol. The second-order valence-corrected chi connectivity index (χ2v) is 6.55. The maximum atomic E-state index is 12.0. The zero-order chi connectivity index (χ0) is 15.5. The first-order valence-corrected chi connectivity index (χ1v) is 7.52. The van der Waals surface area contributed by atoms with Gasteiger partial charge in [-0.15, -0.1) is 0 Å². The smallest absolute Gasteiger partial charge is 0.410 e. The van der Waals surface area contributed by atoms with Gasteiger partial charge in [0.15, 0.2) is 0 Å². The van der Waals surface area contributed by atoms with Gasteiger partial charge in [-0.3, -0.25) is 4.90 Å². The van der Waals surface area contributed by atoms with E-state index in [1.807, 2.05) is 32.9 Å². The number of carbonyl (C=O) groups is 1. The van der Waals surface area contributed by atoms with E-state index >= 15 is 0 Å². The SMILES string of the molecule is CC(C)(C)OC(=O)N1CCN(Cc2cccnc2Cl)CC1. The molecule has 1 aromatic rings. The molecule has 0 aromatic carbocycles. The van der Waals surface area contributed by atoms with Gasteiger partial charge in [0.25, 0.3) is 0 Å². The number of pyridine rings is 1. The summed E-state index contributed by atoms with van der Waals surface area (Å²) in [4.78, 5) is 20.1. The average molecular weight is 312 g/mol. The highest BCUT2D eigenvalue weighted by atomic mass is 35.5. The quantitative estimate of drug-likeness (QED) is 0.788. The van der Waals surface area contributed by atoms with Crippen LogP contribution in [-0.2, 0) is 11.3 Å². The predicted octanol–water partition coefficient (Wildman–Crippen LogP) is 2.79. The summed E-state index contributed by atoms with van der Waals surface area (Å²) in [5.41, 5.74) is 0.571. The average Bonchev–Trinajstić information content (AvgIpc) is 2.40. The normalized spacial score (nSPS) is 16.9. The molecule has 21 heavy (non-hydrogen) atoms. The number of hydrogen-bond donors (Lipinski definition) is 0. The molecule has 0 atom stereocenters. The summed E-state index contributed by atoms with van der Waals surface area (Å²) in [6.45, 7) is 9.37. The van der Waals surface area contributed by atoms with Crippen LogP contribution >= 0.6 is 11.6 Å². The molecule has 6 heteroatoms. The number of hydrogen-bond acceptors (Lipinski definition) is 4. The Morgan fingerprint density at radius 1 is 1.33 bits per heavy atom. The van der Waals surface area contributed by atoms with Crippen LogP contribution in [0.4, 0.5) is 4.79 Å². The number of nitrogens with zero attached hydrogens (tertiary/aromatic N) is 3. The molecule has 0 unspecified atom stereocenters.